The average Bonchev–Trinajstić information content (AvgIpc) is 3.71. The van der Waals surface area contributed by atoms with Gasteiger partial charge >= 0.3 is 0 Å². The molecule has 0 aromatic heterocycles. The first-order valence-corrected chi connectivity index (χ1v) is 31.4. The monoisotopic (exact) mass is 946 g/mol. The molecule has 0 radical (unpaired) electrons. The van der Waals surface area contributed by atoms with Crippen LogP contribution in [0.1, 0.15) is 33.4 Å². The molecule has 10 aromatic rings. The van der Waals surface area contributed by atoms with Crippen LogP contribution in [0.3, 0.4) is 0 Å². The smallest absolute Gasteiger partial charge is 0.0991 e. The van der Waals surface area contributed by atoms with Crippen molar-refractivity contribution in [1.29, 1.82) is 10.5 Å². The standard InChI is InChI=1S/C65H54N4Si2/c1-70(2,3)55-35-29-51(30-36-55)68(49-25-21-45(43-66)22-26-49)53-33-39-59-61(41-53)57-19-13-14-20-58(57)63-60-40-34-54(42-62(60)65(64(59)63,47-15-9-7-10-16-47)48-17-11-8-12-18-48)69(50-27-23-46(44-67)24-28-50)52-31-37-56(38-32-52)71(4,5)6/h7-42H,1-6H3. The second-order valence-electron chi connectivity index (χ2n) is 20.8. The van der Waals surface area contributed by atoms with Crippen LogP contribution in [-0.4, -0.2) is 16.1 Å². The van der Waals surface area contributed by atoms with E-state index in [1.54, 1.807) is 0 Å². The summed E-state index contributed by atoms with van der Waals surface area (Å²) in [5, 5.41) is 27.2. The number of hydrogen-bond donors (Lipinski definition) is 0. The van der Waals surface area contributed by atoms with Crippen molar-refractivity contribution in [2.24, 2.45) is 0 Å². The zero-order valence-corrected chi connectivity index (χ0v) is 43.1. The first-order chi connectivity index (χ1) is 34.4. The van der Waals surface area contributed by atoms with Gasteiger partial charge in [-0.1, -0.05) is 171 Å². The molecule has 10 aromatic carbocycles. The summed E-state index contributed by atoms with van der Waals surface area (Å²) in [6.45, 7) is 14.3. The Hall–Kier alpha value is -8.27. The molecule has 71 heavy (non-hydrogen) atoms. The van der Waals surface area contributed by atoms with Crippen LogP contribution in [0.15, 0.2) is 218 Å². The van der Waals surface area contributed by atoms with E-state index >= 15 is 0 Å². The summed E-state index contributed by atoms with van der Waals surface area (Å²) in [4.78, 5) is 4.67. The minimum absolute atomic E-state index is 0.626. The largest absolute Gasteiger partial charge is 0.310 e. The van der Waals surface area contributed by atoms with Crippen LogP contribution in [0.2, 0.25) is 39.3 Å². The van der Waals surface area contributed by atoms with Gasteiger partial charge in [0.1, 0.15) is 0 Å². The highest BCUT2D eigenvalue weighted by molar-refractivity contribution is 6.89. The van der Waals surface area contributed by atoms with Crippen LogP contribution < -0.4 is 20.2 Å². The molecule has 342 valence electrons. The molecule has 1 aliphatic rings. The van der Waals surface area contributed by atoms with Crippen LogP contribution in [-0.2, 0) is 5.41 Å². The fraction of sp³-hybridized carbons (Fsp3) is 0.108. The zero-order chi connectivity index (χ0) is 49.1. The molecule has 0 spiro atoms. The van der Waals surface area contributed by atoms with E-state index < -0.39 is 21.6 Å². The second-order valence-corrected chi connectivity index (χ2v) is 31.0. The highest BCUT2D eigenvalue weighted by atomic mass is 28.3. The third kappa shape index (κ3) is 7.74. The van der Waals surface area contributed by atoms with Gasteiger partial charge < -0.3 is 9.80 Å². The summed E-state index contributed by atoms with van der Waals surface area (Å²) < 4.78 is 0. The van der Waals surface area contributed by atoms with Crippen molar-refractivity contribution in [3.63, 3.8) is 0 Å². The Morgan fingerprint density at radius 3 is 1.21 bits per heavy atom. The number of anilines is 6. The lowest BCUT2D eigenvalue weighted by Gasteiger charge is -2.36. The van der Waals surface area contributed by atoms with E-state index in [-0.39, 0.29) is 0 Å². The Kier molecular flexibility index (Phi) is 11.2. The molecule has 0 saturated heterocycles. The van der Waals surface area contributed by atoms with Gasteiger partial charge in [0.2, 0.25) is 0 Å². The number of rotatable bonds is 10. The molecule has 0 bridgehead atoms. The summed E-state index contributed by atoms with van der Waals surface area (Å²) in [5.41, 5.74) is 14.0. The van der Waals surface area contributed by atoms with Gasteiger partial charge in [0.25, 0.3) is 0 Å². The Morgan fingerprint density at radius 1 is 0.366 bits per heavy atom. The summed E-state index contributed by atoms with van der Waals surface area (Å²) in [5.74, 6) is 0. The van der Waals surface area contributed by atoms with Crippen molar-refractivity contribution < 1.29 is 0 Å². The lowest BCUT2D eigenvalue weighted by Crippen LogP contribution is -2.37. The van der Waals surface area contributed by atoms with Crippen molar-refractivity contribution >= 4 is 82.2 Å². The van der Waals surface area contributed by atoms with Gasteiger partial charge in [-0.2, -0.15) is 10.5 Å². The van der Waals surface area contributed by atoms with Crippen LogP contribution in [0.5, 0.6) is 0 Å². The van der Waals surface area contributed by atoms with Crippen molar-refractivity contribution in [2.45, 2.75) is 44.7 Å². The zero-order valence-electron chi connectivity index (χ0n) is 41.1. The quantitative estimate of drug-likeness (QED) is 0.101. The summed E-state index contributed by atoms with van der Waals surface area (Å²) in [6.07, 6.45) is 0. The normalized spacial score (nSPS) is 12.7. The van der Waals surface area contributed by atoms with E-state index in [9.17, 15) is 10.5 Å². The van der Waals surface area contributed by atoms with E-state index in [0.29, 0.717) is 11.1 Å². The van der Waals surface area contributed by atoms with Gasteiger partial charge in [0.05, 0.1) is 44.8 Å². The minimum Gasteiger partial charge on any atom is -0.310 e. The molecule has 11 rings (SSSR count). The topological polar surface area (TPSA) is 54.1 Å². The highest BCUT2D eigenvalue weighted by Crippen LogP contribution is 2.61. The Balaban J connectivity index is 1.21. The average molecular weight is 947 g/mol. The van der Waals surface area contributed by atoms with Gasteiger partial charge in [-0.05, 0) is 152 Å². The predicted octanol–water partition coefficient (Wildman–Crippen LogP) is 16.1. The minimum atomic E-state index is -1.57. The van der Waals surface area contributed by atoms with Crippen LogP contribution in [0.25, 0.3) is 32.7 Å². The summed E-state index contributed by atoms with van der Waals surface area (Å²) in [7, 11) is -3.13. The van der Waals surface area contributed by atoms with Gasteiger partial charge in [0.15, 0.2) is 0 Å². The van der Waals surface area contributed by atoms with Crippen LogP contribution in [0.4, 0.5) is 34.1 Å². The van der Waals surface area contributed by atoms with Gasteiger partial charge in [0, 0.05) is 34.1 Å². The van der Waals surface area contributed by atoms with E-state index in [1.165, 1.54) is 65.3 Å². The number of hydrogen-bond acceptors (Lipinski definition) is 4. The molecular formula is C65H54N4Si2. The van der Waals surface area contributed by atoms with E-state index in [0.717, 1.165) is 34.1 Å². The molecule has 6 heteroatoms. The van der Waals surface area contributed by atoms with Gasteiger partial charge in [-0.15, -0.1) is 0 Å². The van der Waals surface area contributed by atoms with Crippen molar-refractivity contribution in [1.82, 2.24) is 0 Å². The maximum Gasteiger partial charge on any atom is 0.0991 e. The third-order valence-electron chi connectivity index (χ3n) is 14.5. The fourth-order valence-electron chi connectivity index (χ4n) is 10.9. The molecule has 4 nitrogen and oxygen atoms in total. The van der Waals surface area contributed by atoms with E-state index in [1.807, 2.05) is 24.3 Å². The molecule has 0 N–H and O–H groups in total. The van der Waals surface area contributed by atoms with Crippen molar-refractivity contribution in [3.8, 4) is 23.3 Å². The molecule has 0 fully saturated rings. The van der Waals surface area contributed by atoms with Crippen molar-refractivity contribution in [2.75, 3.05) is 9.80 Å². The maximum absolute atomic E-state index is 9.85. The molecular weight excluding hydrogens is 893 g/mol. The Labute approximate surface area is 420 Å². The lowest BCUT2D eigenvalue weighted by molar-refractivity contribution is 0.776. The molecule has 0 atom stereocenters. The van der Waals surface area contributed by atoms with Gasteiger partial charge in [-0.25, -0.2) is 0 Å². The molecule has 0 saturated carbocycles. The number of nitrogens with zero attached hydrogens (tertiary/aromatic N) is 4. The molecule has 0 aliphatic heterocycles. The van der Waals surface area contributed by atoms with Gasteiger partial charge in [-0.3, -0.25) is 0 Å². The fourth-order valence-corrected chi connectivity index (χ4v) is 13.3. The highest BCUT2D eigenvalue weighted by Gasteiger charge is 2.48. The molecule has 0 unspecified atom stereocenters. The van der Waals surface area contributed by atoms with E-state index in [4.69, 9.17) is 0 Å². The summed E-state index contributed by atoms with van der Waals surface area (Å²) in [6, 6.07) is 83.9. The lowest BCUT2D eigenvalue weighted by atomic mass is 9.66. The van der Waals surface area contributed by atoms with E-state index in [2.05, 4.69) is 255 Å². The molecule has 1 aliphatic carbocycles. The summed E-state index contributed by atoms with van der Waals surface area (Å²) >= 11 is 0. The van der Waals surface area contributed by atoms with Crippen LogP contribution >= 0.6 is 0 Å². The molecule has 0 heterocycles. The number of benzene rings is 10. The van der Waals surface area contributed by atoms with Crippen LogP contribution in [0, 0.1) is 22.7 Å². The number of fused-ring (bicyclic) bond motifs is 8. The number of nitriles is 2. The third-order valence-corrected chi connectivity index (χ3v) is 18.6. The predicted molar refractivity (Wildman–Crippen MR) is 304 cm³/mol. The van der Waals surface area contributed by atoms with Crippen molar-refractivity contribution in [3.05, 3.63) is 252 Å². The maximum atomic E-state index is 9.85. The SMILES string of the molecule is C[Si](C)(C)c1ccc(N(c2ccc(C#N)cc2)c2ccc3c(c2)C(c2ccccc2)(c2ccccc2)c2c-3c3ccccc3c3cc(N(c4ccc(C#N)cc4)c4ccc([Si](C)(C)C)cc4)ccc23)cc1. The first-order valence-electron chi connectivity index (χ1n) is 24.4. The first kappa shape index (κ1) is 45.2. The second kappa shape index (κ2) is 17.6. The Bertz CT molecular complexity index is 3670. The molecule has 0 amide bonds. The Morgan fingerprint density at radius 2 is 0.761 bits per heavy atom.